The average Bonchev–Trinajstić information content (AvgIpc) is 2.97. The number of hydrazone groups is 1. The van der Waals surface area contributed by atoms with Crippen LogP contribution in [0.4, 0.5) is 5.69 Å². The van der Waals surface area contributed by atoms with Crippen molar-refractivity contribution in [3.05, 3.63) is 119 Å². The highest BCUT2D eigenvalue weighted by molar-refractivity contribution is 6.33. The molecule has 0 aliphatic rings. The molecule has 204 valence electrons. The summed E-state index contributed by atoms with van der Waals surface area (Å²) in [6.07, 6.45) is 1.48. The second-order valence-electron chi connectivity index (χ2n) is 8.46. The summed E-state index contributed by atoms with van der Waals surface area (Å²) in [4.78, 5) is 24.9. The van der Waals surface area contributed by atoms with E-state index < -0.39 is 5.91 Å². The molecule has 0 saturated carbocycles. The molecular formula is C31H28ClN3O5. The van der Waals surface area contributed by atoms with Gasteiger partial charge in [0.25, 0.3) is 11.8 Å². The first-order chi connectivity index (χ1) is 19.5. The summed E-state index contributed by atoms with van der Waals surface area (Å²) in [7, 11) is 0. The summed E-state index contributed by atoms with van der Waals surface area (Å²) in [5.74, 6) is 0.733. The van der Waals surface area contributed by atoms with Crippen LogP contribution in [0.2, 0.25) is 5.02 Å². The molecule has 2 amide bonds. The molecule has 2 N–H and O–H groups in total. The first-order valence-corrected chi connectivity index (χ1v) is 12.9. The molecule has 0 spiro atoms. The maximum absolute atomic E-state index is 12.7. The van der Waals surface area contributed by atoms with Gasteiger partial charge < -0.3 is 19.5 Å². The molecule has 40 heavy (non-hydrogen) atoms. The van der Waals surface area contributed by atoms with Gasteiger partial charge in [-0.1, -0.05) is 66.2 Å². The predicted molar refractivity (Wildman–Crippen MR) is 155 cm³/mol. The van der Waals surface area contributed by atoms with Crippen LogP contribution < -0.4 is 25.0 Å². The molecule has 0 bridgehead atoms. The van der Waals surface area contributed by atoms with Gasteiger partial charge in [-0.2, -0.15) is 5.10 Å². The van der Waals surface area contributed by atoms with Gasteiger partial charge in [-0.15, -0.1) is 0 Å². The molecule has 0 aliphatic carbocycles. The molecule has 4 rings (SSSR count). The molecule has 9 heteroatoms. The largest absolute Gasteiger partial charge is 0.490 e. The molecule has 0 heterocycles. The Hall–Kier alpha value is -4.82. The molecule has 8 nitrogen and oxygen atoms in total. The van der Waals surface area contributed by atoms with Crippen molar-refractivity contribution in [3.8, 4) is 17.2 Å². The third kappa shape index (κ3) is 8.34. The standard InChI is InChI=1S/C31H28ClN3O5/c1-2-38-29-18-24(15-16-28(29)40-20-22-9-4-3-5-10-22)31(37)35-33-19-23-11-8-12-25(17-23)39-21-30(36)34-27-14-7-6-13-26(27)32/h3-19H,2,20-21H2,1H3,(H,34,36)(H,35,37)/b33-19+. The molecule has 0 fully saturated rings. The van der Waals surface area contributed by atoms with Crippen molar-refractivity contribution in [2.45, 2.75) is 13.5 Å². The Labute approximate surface area is 237 Å². The van der Waals surface area contributed by atoms with Crippen molar-refractivity contribution < 1.29 is 23.8 Å². The van der Waals surface area contributed by atoms with E-state index in [1.54, 1.807) is 66.7 Å². The molecule has 4 aromatic carbocycles. The summed E-state index contributed by atoms with van der Waals surface area (Å²) in [5, 5.41) is 7.19. The van der Waals surface area contributed by atoms with E-state index in [1.807, 2.05) is 37.3 Å². The van der Waals surface area contributed by atoms with Crippen molar-refractivity contribution in [1.82, 2.24) is 5.43 Å². The number of carbonyl (C=O) groups is 2. The molecule has 0 aromatic heterocycles. The highest BCUT2D eigenvalue weighted by Crippen LogP contribution is 2.29. The Bertz CT molecular complexity index is 1480. The zero-order chi connectivity index (χ0) is 28.2. The van der Waals surface area contributed by atoms with Crippen LogP contribution in [0, 0.1) is 0 Å². The fraction of sp³-hybridized carbons (Fsp3) is 0.129. The third-order valence-corrected chi connectivity index (χ3v) is 5.83. The lowest BCUT2D eigenvalue weighted by atomic mass is 10.2. The van der Waals surface area contributed by atoms with Gasteiger partial charge in [0.05, 0.1) is 23.5 Å². The maximum Gasteiger partial charge on any atom is 0.271 e. The van der Waals surface area contributed by atoms with Crippen LogP contribution in [-0.4, -0.2) is 31.2 Å². The number of benzene rings is 4. The van der Waals surface area contributed by atoms with E-state index in [1.165, 1.54) is 6.21 Å². The minimum Gasteiger partial charge on any atom is -0.490 e. The lowest BCUT2D eigenvalue weighted by molar-refractivity contribution is -0.118. The van der Waals surface area contributed by atoms with Crippen molar-refractivity contribution in [3.63, 3.8) is 0 Å². The number of ether oxygens (including phenoxy) is 3. The van der Waals surface area contributed by atoms with Crippen LogP contribution >= 0.6 is 11.6 Å². The Morgan fingerprint density at radius 1 is 0.850 bits per heavy atom. The SMILES string of the molecule is CCOc1cc(C(=O)N/N=C/c2cccc(OCC(=O)Nc3ccccc3Cl)c2)ccc1OCc1ccccc1. The number of amides is 2. The van der Waals surface area contributed by atoms with Gasteiger partial charge in [-0.05, 0) is 60.5 Å². The Balaban J connectivity index is 1.31. The van der Waals surface area contributed by atoms with E-state index in [9.17, 15) is 9.59 Å². The summed E-state index contributed by atoms with van der Waals surface area (Å²) < 4.78 is 17.2. The van der Waals surface area contributed by atoms with Crippen molar-refractivity contribution in [2.24, 2.45) is 5.10 Å². The number of nitrogens with one attached hydrogen (secondary N) is 2. The first-order valence-electron chi connectivity index (χ1n) is 12.6. The minimum absolute atomic E-state index is 0.199. The first kappa shape index (κ1) is 28.2. The number of anilines is 1. The lowest BCUT2D eigenvalue weighted by Crippen LogP contribution is -2.20. The van der Waals surface area contributed by atoms with Gasteiger partial charge in [-0.25, -0.2) is 5.43 Å². The number of para-hydroxylation sites is 1. The topological polar surface area (TPSA) is 98.3 Å². The van der Waals surface area contributed by atoms with Crippen LogP contribution in [0.15, 0.2) is 102 Å². The quantitative estimate of drug-likeness (QED) is 0.162. The molecular weight excluding hydrogens is 530 g/mol. The van der Waals surface area contributed by atoms with Gasteiger partial charge in [0.2, 0.25) is 0 Å². The average molecular weight is 558 g/mol. The second-order valence-corrected chi connectivity index (χ2v) is 8.86. The van der Waals surface area contributed by atoms with Crippen LogP contribution in [0.3, 0.4) is 0 Å². The Kier molecular flexibility index (Phi) is 10.1. The van der Waals surface area contributed by atoms with E-state index in [0.29, 0.717) is 52.3 Å². The fourth-order valence-corrected chi connectivity index (χ4v) is 3.77. The summed E-state index contributed by atoms with van der Waals surface area (Å²) in [5.41, 5.74) is 5.09. The Morgan fingerprint density at radius 3 is 2.45 bits per heavy atom. The van der Waals surface area contributed by atoms with E-state index in [-0.39, 0.29) is 12.5 Å². The normalized spacial score (nSPS) is 10.7. The van der Waals surface area contributed by atoms with E-state index in [0.717, 1.165) is 5.56 Å². The van der Waals surface area contributed by atoms with Crippen LogP contribution in [0.5, 0.6) is 17.2 Å². The van der Waals surface area contributed by atoms with E-state index in [2.05, 4.69) is 15.8 Å². The smallest absolute Gasteiger partial charge is 0.271 e. The molecule has 0 unspecified atom stereocenters. The highest BCUT2D eigenvalue weighted by atomic mass is 35.5. The fourth-order valence-electron chi connectivity index (χ4n) is 3.58. The van der Waals surface area contributed by atoms with Gasteiger partial charge in [0, 0.05) is 5.56 Å². The maximum atomic E-state index is 12.7. The monoisotopic (exact) mass is 557 g/mol. The predicted octanol–water partition coefficient (Wildman–Crippen LogP) is 6.10. The molecule has 4 aromatic rings. The Morgan fingerprint density at radius 2 is 1.65 bits per heavy atom. The van der Waals surface area contributed by atoms with Gasteiger partial charge >= 0.3 is 0 Å². The summed E-state index contributed by atoms with van der Waals surface area (Å²) >= 11 is 6.07. The zero-order valence-corrected chi connectivity index (χ0v) is 22.6. The summed E-state index contributed by atoms with van der Waals surface area (Å²) in [6.45, 7) is 2.47. The van der Waals surface area contributed by atoms with Crippen LogP contribution in [-0.2, 0) is 11.4 Å². The zero-order valence-electron chi connectivity index (χ0n) is 21.8. The van der Waals surface area contributed by atoms with Crippen molar-refractivity contribution in [2.75, 3.05) is 18.5 Å². The van der Waals surface area contributed by atoms with Crippen LogP contribution in [0.1, 0.15) is 28.4 Å². The molecule has 0 aliphatic heterocycles. The van der Waals surface area contributed by atoms with Gasteiger partial charge in [-0.3, -0.25) is 9.59 Å². The summed E-state index contributed by atoms with van der Waals surface area (Å²) in [6, 6.07) is 28.7. The van der Waals surface area contributed by atoms with E-state index >= 15 is 0 Å². The number of hydrogen-bond donors (Lipinski definition) is 2. The minimum atomic E-state index is -0.407. The van der Waals surface area contributed by atoms with Gasteiger partial charge in [0.1, 0.15) is 12.4 Å². The third-order valence-electron chi connectivity index (χ3n) is 5.50. The van der Waals surface area contributed by atoms with E-state index in [4.69, 9.17) is 25.8 Å². The van der Waals surface area contributed by atoms with Crippen molar-refractivity contribution >= 4 is 35.3 Å². The number of hydrogen-bond acceptors (Lipinski definition) is 6. The lowest BCUT2D eigenvalue weighted by Gasteiger charge is -2.13. The molecule has 0 atom stereocenters. The van der Waals surface area contributed by atoms with Gasteiger partial charge in [0.15, 0.2) is 18.1 Å². The number of nitrogens with zero attached hydrogens (tertiary/aromatic N) is 1. The van der Waals surface area contributed by atoms with Crippen LogP contribution in [0.25, 0.3) is 0 Å². The van der Waals surface area contributed by atoms with Crippen molar-refractivity contribution in [1.29, 1.82) is 0 Å². The molecule has 0 radical (unpaired) electrons. The number of rotatable bonds is 12. The highest BCUT2D eigenvalue weighted by Gasteiger charge is 2.12. The number of carbonyl (C=O) groups excluding carboxylic acids is 2. The number of halogens is 1. The second kappa shape index (κ2) is 14.4. The molecule has 0 saturated heterocycles.